The zero-order valence-electron chi connectivity index (χ0n) is 8.11. The summed E-state index contributed by atoms with van der Waals surface area (Å²) >= 11 is 7.60. The first-order valence-corrected chi connectivity index (χ1v) is 6.26. The second-order valence-electron chi connectivity index (χ2n) is 3.65. The highest BCUT2D eigenvalue weighted by molar-refractivity contribution is 7.17. The Morgan fingerprint density at radius 2 is 2.07 bits per heavy atom. The molecule has 0 aliphatic carbocycles. The highest BCUT2D eigenvalue weighted by Crippen LogP contribution is 2.31. The van der Waals surface area contributed by atoms with Crippen LogP contribution in [0.1, 0.15) is 12.8 Å². The van der Waals surface area contributed by atoms with Gasteiger partial charge in [0.2, 0.25) is 5.28 Å². The molecule has 2 aromatic heterocycles. The van der Waals surface area contributed by atoms with E-state index in [0.29, 0.717) is 5.28 Å². The third-order valence-corrected chi connectivity index (χ3v) is 3.73. The number of nitrogens with zero attached hydrogens (tertiary/aromatic N) is 3. The van der Waals surface area contributed by atoms with Crippen LogP contribution in [0.4, 0.5) is 5.82 Å². The zero-order chi connectivity index (χ0) is 10.3. The van der Waals surface area contributed by atoms with Crippen LogP contribution in [-0.4, -0.2) is 23.1 Å². The van der Waals surface area contributed by atoms with Crippen molar-refractivity contribution in [3.8, 4) is 0 Å². The van der Waals surface area contributed by atoms with Crippen LogP contribution in [0.5, 0.6) is 0 Å². The fourth-order valence-electron chi connectivity index (χ4n) is 1.96. The summed E-state index contributed by atoms with van der Waals surface area (Å²) in [6.07, 6.45) is 2.49. The van der Waals surface area contributed by atoms with Crippen LogP contribution in [0, 0.1) is 0 Å². The number of hydrogen-bond acceptors (Lipinski definition) is 4. The van der Waals surface area contributed by atoms with E-state index in [4.69, 9.17) is 11.6 Å². The molecular weight excluding hydrogens is 230 g/mol. The van der Waals surface area contributed by atoms with Crippen LogP contribution in [0.15, 0.2) is 11.4 Å². The number of aromatic nitrogens is 2. The number of hydrogen-bond donors (Lipinski definition) is 0. The molecule has 2 aromatic rings. The van der Waals surface area contributed by atoms with Gasteiger partial charge in [0.15, 0.2) is 5.82 Å². The Morgan fingerprint density at radius 1 is 1.27 bits per heavy atom. The third-order valence-electron chi connectivity index (χ3n) is 2.66. The minimum atomic E-state index is 0.350. The summed E-state index contributed by atoms with van der Waals surface area (Å²) < 4.78 is 1.15. The molecular formula is C10H10ClN3S. The van der Waals surface area contributed by atoms with Crippen molar-refractivity contribution in [3.05, 3.63) is 16.7 Å². The van der Waals surface area contributed by atoms with E-state index >= 15 is 0 Å². The van der Waals surface area contributed by atoms with Gasteiger partial charge in [0.1, 0.15) is 0 Å². The van der Waals surface area contributed by atoms with E-state index in [1.54, 1.807) is 11.3 Å². The lowest BCUT2D eigenvalue weighted by Gasteiger charge is -2.16. The van der Waals surface area contributed by atoms with Crippen molar-refractivity contribution in [2.24, 2.45) is 0 Å². The van der Waals surface area contributed by atoms with Gasteiger partial charge in [0, 0.05) is 13.1 Å². The molecule has 0 spiro atoms. The molecule has 0 aromatic carbocycles. The molecule has 1 fully saturated rings. The van der Waals surface area contributed by atoms with Crippen LogP contribution in [-0.2, 0) is 0 Å². The fraction of sp³-hybridized carbons (Fsp3) is 0.400. The van der Waals surface area contributed by atoms with Crippen molar-refractivity contribution in [2.45, 2.75) is 12.8 Å². The first kappa shape index (κ1) is 9.36. The Kier molecular flexibility index (Phi) is 2.25. The molecule has 1 saturated heterocycles. The quantitative estimate of drug-likeness (QED) is 0.717. The lowest BCUT2D eigenvalue weighted by molar-refractivity contribution is 0.941. The summed E-state index contributed by atoms with van der Waals surface area (Å²) in [5, 5.41) is 2.39. The standard InChI is InChI=1S/C10H10ClN3S/c11-10-12-7-3-6-15-8(7)9(13-10)14-4-1-2-5-14/h3,6H,1-2,4-5H2. The lowest BCUT2D eigenvalue weighted by atomic mass is 10.4. The van der Waals surface area contributed by atoms with Gasteiger partial charge in [-0.3, -0.25) is 0 Å². The molecule has 0 saturated carbocycles. The van der Waals surface area contributed by atoms with E-state index < -0.39 is 0 Å². The SMILES string of the molecule is Clc1nc(N2CCCC2)c2sccc2n1. The Balaban J connectivity index is 2.18. The van der Waals surface area contributed by atoms with Crippen LogP contribution in [0.2, 0.25) is 5.28 Å². The number of rotatable bonds is 1. The molecule has 1 aliphatic rings. The van der Waals surface area contributed by atoms with Crippen LogP contribution in [0.3, 0.4) is 0 Å². The van der Waals surface area contributed by atoms with Crippen LogP contribution in [0.25, 0.3) is 10.2 Å². The van der Waals surface area contributed by atoms with Gasteiger partial charge in [-0.25, -0.2) is 4.98 Å². The van der Waals surface area contributed by atoms with Gasteiger partial charge >= 0.3 is 0 Å². The maximum Gasteiger partial charge on any atom is 0.224 e. The largest absolute Gasteiger partial charge is 0.355 e. The molecule has 3 nitrogen and oxygen atoms in total. The molecule has 15 heavy (non-hydrogen) atoms. The Hall–Kier alpha value is -0.870. The highest BCUT2D eigenvalue weighted by Gasteiger charge is 2.18. The van der Waals surface area contributed by atoms with Crippen molar-refractivity contribution in [1.82, 2.24) is 9.97 Å². The van der Waals surface area contributed by atoms with E-state index in [0.717, 1.165) is 29.1 Å². The normalized spacial score (nSPS) is 16.5. The minimum absolute atomic E-state index is 0.350. The van der Waals surface area contributed by atoms with Crippen molar-refractivity contribution in [2.75, 3.05) is 18.0 Å². The maximum atomic E-state index is 5.91. The van der Waals surface area contributed by atoms with Gasteiger partial charge in [-0.05, 0) is 35.9 Å². The number of fused-ring (bicyclic) bond motifs is 1. The molecule has 1 aliphatic heterocycles. The molecule has 0 atom stereocenters. The van der Waals surface area contributed by atoms with E-state index in [1.165, 1.54) is 12.8 Å². The van der Waals surface area contributed by atoms with Gasteiger partial charge in [-0.15, -0.1) is 11.3 Å². The summed E-state index contributed by atoms with van der Waals surface area (Å²) in [5.41, 5.74) is 0.960. The van der Waals surface area contributed by atoms with E-state index in [-0.39, 0.29) is 0 Å². The lowest BCUT2D eigenvalue weighted by Crippen LogP contribution is -2.19. The molecule has 0 unspecified atom stereocenters. The van der Waals surface area contributed by atoms with Crippen molar-refractivity contribution >= 4 is 39.0 Å². The van der Waals surface area contributed by atoms with Crippen LogP contribution < -0.4 is 4.90 Å². The van der Waals surface area contributed by atoms with Gasteiger partial charge in [-0.2, -0.15) is 4.98 Å². The summed E-state index contributed by atoms with van der Waals surface area (Å²) in [6.45, 7) is 2.17. The highest BCUT2D eigenvalue weighted by atomic mass is 35.5. The average molecular weight is 240 g/mol. The predicted octanol–water partition coefficient (Wildman–Crippen LogP) is 2.94. The summed E-state index contributed by atoms with van der Waals surface area (Å²) in [5.74, 6) is 1.01. The van der Waals surface area contributed by atoms with Crippen molar-refractivity contribution in [1.29, 1.82) is 0 Å². The number of thiophene rings is 1. The van der Waals surface area contributed by atoms with Crippen molar-refractivity contribution in [3.63, 3.8) is 0 Å². The van der Waals surface area contributed by atoms with E-state index in [1.807, 2.05) is 11.4 Å². The van der Waals surface area contributed by atoms with Gasteiger partial charge in [0.25, 0.3) is 0 Å². The molecule has 78 valence electrons. The van der Waals surface area contributed by atoms with Crippen molar-refractivity contribution < 1.29 is 0 Å². The predicted molar refractivity (Wildman–Crippen MR) is 63.9 cm³/mol. The third kappa shape index (κ3) is 1.58. The number of halogens is 1. The molecule has 3 rings (SSSR count). The number of anilines is 1. The first-order chi connectivity index (χ1) is 7.34. The average Bonchev–Trinajstić information content (AvgIpc) is 2.86. The minimum Gasteiger partial charge on any atom is -0.355 e. The summed E-state index contributed by atoms with van der Waals surface area (Å²) in [7, 11) is 0. The Bertz CT molecular complexity index is 490. The smallest absolute Gasteiger partial charge is 0.224 e. The molecule has 3 heterocycles. The van der Waals surface area contributed by atoms with Gasteiger partial charge < -0.3 is 4.90 Å². The molecule has 0 bridgehead atoms. The van der Waals surface area contributed by atoms with Gasteiger partial charge in [-0.1, -0.05) is 0 Å². The summed E-state index contributed by atoms with van der Waals surface area (Å²) in [4.78, 5) is 10.9. The zero-order valence-corrected chi connectivity index (χ0v) is 9.68. The molecule has 0 N–H and O–H groups in total. The molecule has 0 amide bonds. The first-order valence-electron chi connectivity index (χ1n) is 5.00. The fourth-order valence-corrected chi connectivity index (χ4v) is 2.98. The molecule has 5 heteroatoms. The second kappa shape index (κ2) is 3.61. The topological polar surface area (TPSA) is 29.0 Å². The Morgan fingerprint density at radius 3 is 2.87 bits per heavy atom. The Labute approximate surface area is 96.7 Å². The van der Waals surface area contributed by atoms with E-state index in [9.17, 15) is 0 Å². The van der Waals surface area contributed by atoms with Gasteiger partial charge in [0.05, 0.1) is 10.2 Å². The second-order valence-corrected chi connectivity index (χ2v) is 4.90. The maximum absolute atomic E-state index is 5.91. The van der Waals surface area contributed by atoms with Crippen LogP contribution >= 0.6 is 22.9 Å². The van der Waals surface area contributed by atoms with E-state index in [2.05, 4.69) is 14.9 Å². The molecule has 0 radical (unpaired) electrons. The monoisotopic (exact) mass is 239 g/mol. The summed E-state index contributed by atoms with van der Waals surface area (Å²) in [6, 6.07) is 1.99.